The van der Waals surface area contributed by atoms with Crippen molar-refractivity contribution in [2.45, 2.75) is 83.8 Å². The minimum Gasteiger partial charge on any atom is -0.396 e. The Labute approximate surface area is 150 Å². The average Bonchev–Trinajstić information content (AvgIpc) is 2.60. The summed E-state index contributed by atoms with van der Waals surface area (Å²) in [5.41, 5.74) is 0. The summed E-state index contributed by atoms with van der Waals surface area (Å²) in [6, 6.07) is 0. The summed E-state index contributed by atoms with van der Waals surface area (Å²) in [4.78, 5) is 2.30. The third-order valence-electron chi connectivity index (χ3n) is 5.25. The predicted octanol–water partition coefficient (Wildman–Crippen LogP) is 4.46. The van der Waals surface area contributed by atoms with Gasteiger partial charge in [0.05, 0.1) is 0 Å². The molecule has 0 aromatic carbocycles. The van der Waals surface area contributed by atoms with Crippen molar-refractivity contribution in [2.75, 3.05) is 41.0 Å². The Kier molecular flexibility index (Phi) is 15.0. The SMILES string of the molecule is CCCCCCCCC(CCCN(C)CCCO)C(C)(OC)OC. The number of nitrogens with zero attached hydrogens (tertiary/aromatic N) is 1. The molecule has 146 valence electrons. The lowest BCUT2D eigenvalue weighted by Crippen LogP contribution is -2.39. The minimum atomic E-state index is -0.479. The van der Waals surface area contributed by atoms with E-state index in [0.717, 1.165) is 32.4 Å². The summed E-state index contributed by atoms with van der Waals surface area (Å²) in [5.74, 6) is -0.0440. The van der Waals surface area contributed by atoms with Crippen LogP contribution in [0, 0.1) is 5.92 Å². The number of aliphatic hydroxyl groups excluding tert-OH is 1. The molecule has 0 amide bonds. The molecule has 0 aliphatic rings. The smallest absolute Gasteiger partial charge is 0.167 e. The standard InChI is InChI=1S/C20H43NO3/c1-6-7-8-9-10-11-14-19(20(2,23-4)24-5)15-12-16-21(3)17-13-18-22/h19,22H,6-18H2,1-5H3. The van der Waals surface area contributed by atoms with E-state index >= 15 is 0 Å². The van der Waals surface area contributed by atoms with Gasteiger partial charge in [-0.3, -0.25) is 0 Å². The van der Waals surface area contributed by atoms with Gasteiger partial charge in [0.25, 0.3) is 0 Å². The second kappa shape index (κ2) is 15.1. The molecule has 0 rings (SSSR count). The lowest BCUT2D eigenvalue weighted by atomic mass is 9.88. The van der Waals surface area contributed by atoms with Crippen LogP contribution >= 0.6 is 0 Å². The van der Waals surface area contributed by atoms with Crippen molar-refractivity contribution in [1.82, 2.24) is 4.90 Å². The van der Waals surface area contributed by atoms with Crippen LogP contribution in [0.15, 0.2) is 0 Å². The van der Waals surface area contributed by atoms with Crippen LogP contribution in [-0.4, -0.2) is 56.8 Å². The molecule has 24 heavy (non-hydrogen) atoms. The molecule has 0 radical (unpaired) electrons. The summed E-state index contributed by atoms with van der Waals surface area (Å²) < 4.78 is 11.4. The van der Waals surface area contributed by atoms with Gasteiger partial charge in [-0.1, -0.05) is 45.4 Å². The maximum Gasteiger partial charge on any atom is 0.167 e. The molecular formula is C20H43NO3. The molecule has 0 aliphatic carbocycles. The molecule has 1 unspecified atom stereocenters. The number of hydrogen-bond acceptors (Lipinski definition) is 4. The van der Waals surface area contributed by atoms with E-state index in [0.29, 0.717) is 5.92 Å². The quantitative estimate of drug-likeness (QED) is 0.312. The first-order chi connectivity index (χ1) is 11.5. The molecule has 0 aromatic rings. The molecule has 0 aliphatic heterocycles. The first-order valence-corrected chi connectivity index (χ1v) is 9.93. The van der Waals surface area contributed by atoms with Gasteiger partial charge in [-0.25, -0.2) is 0 Å². The zero-order valence-electron chi connectivity index (χ0n) is 17.0. The summed E-state index contributed by atoms with van der Waals surface area (Å²) in [6.45, 7) is 6.64. The lowest BCUT2D eigenvalue weighted by molar-refractivity contribution is -0.230. The summed E-state index contributed by atoms with van der Waals surface area (Å²) in [5, 5.41) is 8.91. The van der Waals surface area contributed by atoms with Gasteiger partial charge in [0.1, 0.15) is 0 Å². The van der Waals surface area contributed by atoms with Crippen molar-refractivity contribution in [2.24, 2.45) is 5.92 Å². The van der Waals surface area contributed by atoms with Crippen LogP contribution in [0.1, 0.15) is 78.1 Å². The van der Waals surface area contributed by atoms with Crippen LogP contribution < -0.4 is 0 Å². The number of hydrogen-bond donors (Lipinski definition) is 1. The van der Waals surface area contributed by atoms with Gasteiger partial charge in [-0.2, -0.15) is 0 Å². The van der Waals surface area contributed by atoms with Crippen molar-refractivity contribution < 1.29 is 14.6 Å². The van der Waals surface area contributed by atoms with E-state index in [1.54, 1.807) is 14.2 Å². The maximum absolute atomic E-state index is 8.91. The van der Waals surface area contributed by atoms with Gasteiger partial charge in [0, 0.05) is 33.3 Å². The normalized spacial score (nSPS) is 13.6. The fraction of sp³-hybridized carbons (Fsp3) is 1.00. The molecule has 1 N–H and O–H groups in total. The van der Waals surface area contributed by atoms with Crippen molar-refractivity contribution in [3.63, 3.8) is 0 Å². The molecule has 1 atom stereocenters. The van der Waals surface area contributed by atoms with Crippen molar-refractivity contribution >= 4 is 0 Å². The molecule has 0 bridgehead atoms. The molecule has 0 spiro atoms. The largest absolute Gasteiger partial charge is 0.396 e. The van der Waals surface area contributed by atoms with E-state index in [2.05, 4.69) is 25.8 Å². The van der Waals surface area contributed by atoms with Crippen LogP contribution in [0.5, 0.6) is 0 Å². The highest BCUT2D eigenvalue weighted by atomic mass is 16.7. The number of aliphatic hydroxyl groups is 1. The van der Waals surface area contributed by atoms with Crippen LogP contribution in [-0.2, 0) is 9.47 Å². The fourth-order valence-electron chi connectivity index (χ4n) is 3.32. The first kappa shape index (κ1) is 23.8. The van der Waals surface area contributed by atoms with E-state index < -0.39 is 5.79 Å². The van der Waals surface area contributed by atoms with Crippen LogP contribution in [0.3, 0.4) is 0 Å². The number of rotatable bonds is 17. The van der Waals surface area contributed by atoms with E-state index in [-0.39, 0.29) is 6.61 Å². The zero-order chi connectivity index (χ0) is 18.3. The summed E-state index contributed by atoms with van der Waals surface area (Å²) >= 11 is 0. The molecule has 4 heteroatoms. The summed E-state index contributed by atoms with van der Waals surface area (Å²) in [7, 11) is 5.64. The van der Waals surface area contributed by atoms with Crippen molar-refractivity contribution in [3.8, 4) is 0 Å². The topological polar surface area (TPSA) is 41.9 Å². The Morgan fingerprint density at radius 1 is 0.875 bits per heavy atom. The molecular weight excluding hydrogens is 302 g/mol. The third-order valence-corrected chi connectivity index (χ3v) is 5.25. The highest BCUT2D eigenvalue weighted by Crippen LogP contribution is 2.31. The van der Waals surface area contributed by atoms with E-state index in [1.165, 1.54) is 44.9 Å². The van der Waals surface area contributed by atoms with E-state index in [1.807, 2.05) is 0 Å². The Balaban J connectivity index is 4.24. The summed E-state index contributed by atoms with van der Waals surface area (Å²) in [6.07, 6.45) is 12.2. The second-order valence-corrected chi connectivity index (χ2v) is 7.20. The van der Waals surface area contributed by atoms with Gasteiger partial charge in [0.15, 0.2) is 5.79 Å². The minimum absolute atomic E-state index is 0.274. The predicted molar refractivity (Wildman–Crippen MR) is 102 cm³/mol. The van der Waals surface area contributed by atoms with E-state index in [9.17, 15) is 0 Å². The highest BCUT2D eigenvalue weighted by molar-refractivity contribution is 4.75. The molecule has 0 heterocycles. The van der Waals surface area contributed by atoms with Crippen LogP contribution in [0.4, 0.5) is 0 Å². The fourth-order valence-corrected chi connectivity index (χ4v) is 3.32. The van der Waals surface area contributed by atoms with Crippen molar-refractivity contribution in [1.29, 1.82) is 0 Å². The lowest BCUT2D eigenvalue weighted by Gasteiger charge is -2.35. The second-order valence-electron chi connectivity index (χ2n) is 7.20. The Hall–Kier alpha value is -0.160. The average molecular weight is 346 g/mol. The number of unbranched alkanes of at least 4 members (excludes halogenated alkanes) is 5. The highest BCUT2D eigenvalue weighted by Gasteiger charge is 2.33. The Bertz CT molecular complexity index is 270. The molecule has 0 saturated heterocycles. The van der Waals surface area contributed by atoms with Gasteiger partial charge in [-0.15, -0.1) is 0 Å². The molecule has 0 aromatic heterocycles. The van der Waals surface area contributed by atoms with Gasteiger partial charge in [0.2, 0.25) is 0 Å². The molecule has 0 saturated carbocycles. The number of ether oxygens (including phenoxy) is 2. The van der Waals surface area contributed by atoms with Crippen LogP contribution in [0.2, 0.25) is 0 Å². The monoisotopic (exact) mass is 345 g/mol. The maximum atomic E-state index is 8.91. The van der Waals surface area contributed by atoms with E-state index in [4.69, 9.17) is 14.6 Å². The molecule has 0 fully saturated rings. The van der Waals surface area contributed by atoms with Crippen molar-refractivity contribution in [3.05, 3.63) is 0 Å². The van der Waals surface area contributed by atoms with Gasteiger partial charge >= 0.3 is 0 Å². The molecule has 4 nitrogen and oxygen atoms in total. The third kappa shape index (κ3) is 10.7. The Morgan fingerprint density at radius 3 is 2.00 bits per heavy atom. The number of methoxy groups -OCH3 is 2. The first-order valence-electron chi connectivity index (χ1n) is 9.93. The van der Waals surface area contributed by atoms with Crippen LogP contribution in [0.25, 0.3) is 0 Å². The zero-order valence-corrected chi connectivity index (χ0v) is 17.0. The van der Waals surface area contributed by atoms with Gasteiger partial charge < -0.3 is 19.5 Å². The van der Waals surface area contributed by atoms with Gasteiger partial charge in [-0.05, 0) is 46.2 Å². The Morgan fingerprint density at radius 2 is 1.42 bits per heavy atom.